The van der Waals surface area contributed by atoms with Crippen molar-refractivity contribution in [2.75, 3.05) is 16.0 Å². The Morgan fingerprint density at radius 3 is 2.67 bits per heavy atom. The SMILES string of the molecule is Cc1cccc(-n2c(SCC(=O)N3c4ccccc4NC(=O)C[C@H]3C)nnc2-c2ccccc2Cl)c1. The van der Waals surface area contributed by atoms with E-state index in [0.717, 1.165) is 16.8 Å². The third kappa shape index (κ3) is 4.74. The van der Waals surface area contributed by atoms with Crippen LogP contribution in [0, 0.1) is 6.92 Å². The molecule has 0 saturated carbocycles. The molecule has 1 N–H and O–H groups in total. The lowest BCUT2D eigenvalue weighted by atomic mass is 10.2. The summed E-state index contributed by atoms with van der Waals surface area (Å²) < 4.78 is 1.93. The zero-order valence-electron chi connectivity index (χ0n) is 19.8. The normalized spacial score (nSPS) is 15.2. The number of fused-ring (bicyclic) bond motifs is 1. The lowest BCUT2D eigenvalue weighted by Gasteiger charge is -2.27. The van der Waals surface area contributed by atoms with Crippen LogP contribution in [-0.2, 0) is 9.59 Å². The summed E-state index contributed by atoms with van der Waals surface area (Å²) in [4.78, 5) is 27.5. The molecule has 1 aromatic heterocycles. The Morgan fingerprint density at radius 1 is 1.08 bits per heavy atom. The summed E-state index contributed by atoms with van der Waals surface area (Å²) in [6.07, 6.45) is 0.223. The highest BCUT2D eigenvalue weighted by Crippen LogP contribution is 2.34. The van der Waals surface area contributed by atoms with Crippen molar-refractivity contribution in [3.05, 3.63) is 83.4 Å². The van der Waals surface area contributed by atoms with Gasteiger partial charge in [-0.25, -0.2) is 0 Å². The largest absolute Gasteiger partial charge is 0.324 e. The van der Waals surface area contributed by atoms with Crippen LogP contribution in [0.25, 0.3) is 17.1 Å². The first kappa shape index (κ1) is 24.1. The van der Waals surface area contributed by atoms with Gasteiger partial charge in [-0.2, -0.15) is 0 Å². The minimum Gasteiger partial charge on any atom is -0.324 e. The Morgan fingerprint density at radius 2 is 1.86 bits per heavy atom. The van der Waals surface area contributed by atoms with Gasteiger partial charge in [-0.05, 0) is 55.8 Å². The molecule has 0 unspecified atom stereocenters. The van der Waals surface area contributed by atoms with Crippen LogP contribution >= 0.6 is 23.4 Å². The minimum atomic E-state index is -0.282. The molecule has 0 spiro atoms. The van der Waals surface area contributed by atoms with Crippen molar-refractivity contribution in [2.24, 2.45) is 0 Å². The molecule has 5 rings (SSSR count). The van der Waals surface area contributed by atoms with Gasteiger partial charge in [0.05, 0.1) is 22.2 Å². The van der Waals surface area contributed by atoms with Crippen molar-refractivity contribution >= 4 is 46.6 Å². The van der Waals surface area contributed by atoms with Crippen LogP contribution in [0.4, 0.5) is 11.4 Å². The fourth-order valence-electron chi connectivity index (χ4n) is 4.34. The number of halogens is 1. The molecular weight excluding hydrogens is 494 g/mol. The van der Waals surface area contributed by atoms with Gasteiger partial charge in [-0.3, -0.25) is 14.2 Å². The van der Waals surface area contributed by atoms with E-state index < -0.39 is 0 Å². The minimum absolute atomic E-state index is 0.110. The third-order valence-electron chi connectivity index (χ3n) is 5.96. The fourth-order valence-corrected chi connectivity index (χ4v) is 5.38. The number of amides is 2. The predicted octanol–water partition coefficient (Wildman–Crippen LogP) is 5.75. The Labute approximate surface area is 218 Å². The number of rotatable bonds is 5. The summed E-state index contributed by atoms with van der Waals surface area (Å²) in [6, 6.07) is 22.6. The molecule has 0 bridgehead atoms. The van der Waals surface area contributed by atoms with Crippen LogP contribution < -0.4 is 10.2 Å². The molecule has 2 heterocycles. The highest BCUT2D eigenvalue weighted by molar-refractivity contribution is 7.99. The molecule has 9 heteroatoms. The topological polar surface area (TPSA) is 80.1 Å². The van der Waals surface area contributed by atoms with Gasteiger partial charge in [0.25, 0.3) is 0 Å². The van der Waals surface area contributed by atoms with Crippen LogP contribution in [-0.4, -0.2) is 38.4 Å². The molecule has 0 fully saturated rings. The summed E-state index contributed by atoms with van der Waals surface area (Å²) in [6.45, 7) is 3.90. The molecule has 4 aromatic rings. The van der Waals surface area contributed by atoms with E-state index in [1.807, 2.05) is 91.2 Å². The van der Waals surface area contributed by atoms with E-state index in [-0.39, 0.29) is 30.0 Å². The van der Waals surface area contributed by atoms with Crippen molar-refractivity contribution in [1.82, 2.24) is 14.8 Å². The third-order valence-corrected chi connectivity index (χ3v) is 7.20. The number of para-hydroxylation sites is 2. The molecule has 182 valence electrons. The van der Waals surface area contributed by atoms with E-state index in [1.54, 1.807) is 4.90 Å². The van der Waals surface area contributed by atoms with Crippen molar-refractivity contribution in [3.8, 4) is 17.1 Å². The number of hydrogen-bond acceptors (Lipinski definition) is 5. The Hall–Kier alpha value is -3.62. The first-order chi connectivity index (χ1) is 17.4. The molecule has 1 aliphatic heterocycles. The van der Waals surface area contributed by atoms with Gasteiger partial charge in [-0.15, -0.1) is 10.2 Å². The number of benzene rings is 3. The first-order valence-corrected chi connectivity index (χ1v) is 12.9. The summed E-state index contributed by atoms with van der Waals surface area (Å²) in [5, 5.41) is 12.9. The van der Waals surface area contributed by atoms with Crippen LogP contribution in [0.3, 0.4) is 0 Å². The van der Waals surface area contributed by atoms with Crippen LogP contribution in [0.1, 0.15) is 18.9 Å². The first-order valence-electron chi connectivity index (χ1n) is 11.5. The number of thioether (sulfide) groups is 1. The molecule has 2 amide bonds. The number of carbonyl (C=O) groups is 2. The van der Waals surface area contributed by atoms with E-state index in [2.05, 4.69) is 15.5 Å². The van der Waals surface area contributed by atoms with Crippen molar-refractivity contribution < 1.29 is 9.59 Å². The van der Waals surface area contributed by atoms with Crippen molar-refractivity contribution in [3.63, 3.8) is 0 Å². The Bertz CT molecular complexity index is 1450. The zero-order valence-corrected chi connectivity index (χ0v) is 21.4. The van der Waals surface area contributed by atoms with Gasteiger partial charge in [0, 0.05) is 23.7 Å². The summed E-state index contributed by atoms with van der Waals surface area (Å²) in [7, 11) is 0. The van der Waals surface area contributed by atoms with Crippen molar-refractivity contribution in [2.45, 2.75) is 31.5 Å². The number of aromatic nitrogens is 3. The second-order valence-corrected chi connectivity index (χ2v) is 9.98. The maximum atomic E-state index is 13.5. The lowest BCUT2D eigenvalue weighted by molar-refractivity contribution is -0.117. The molecule has 1 aliphatic rings. The van der Waals surface area contributed by atoms with Crippen LogP contribution in [0.2, 0.25) is 5.02 Å². The van der Waals surface area contributed by atoms with Gasteiger partial charge >= 0.3 is 0 Å². The monoisotopic (exact) mass is 517 g/mol. The number of nitrogens with zero attached hydrogens (tertiary/aromatic N) is 4. The standard InChI is InChI=1S/C27H24ClN5O2S/c1-17-8-7-9-19(14-17)33-26(20-10-3-4-11-21(20)28)30-31-27(33)36-16-25(35)32-18(2)15-24(34)29-22-12-5-6-13-23(22)32/h3-14,18H,15-16H2,1-2H3,(H,29,34)/t18-/m1/s1. The van der Waals surface area contributed by atoms with Crippen LogP contribution in [0.5, 0.6) is 0 Å². The van der Waals surface area contributed by atoms with E-state index >= 15 is 0 Å². The number of carbonyl (C=O) groups excluding carboxylic acids is 2. The van der Waals surface area contributed by atoms with Gasteiger partial charge < -0.3 is 10.2 Å². The average molecular weight is 518 g/mol. The van der Waals surface area contributed by atoms with E-state index in [4.69, 9.17) is 11.6 Å². The van der Waals surface area contributed by atoms with Gasteiger partial charge in [0.15, 0.2) is 11.0 Å². The molecule has 7 nitrogen and oxygen atoms in total. The summed E-state index contributed by atoms with van der Waals surface area (Å²) in [5.74, 6) is 0.500. The second-order valence-electron chi connectivity index (χ2n) is 8.63. The van der Waals surface area contributed by atoms with E-state index in [0.29, 0.717) is 27.4 Å². The van der Waals surface area contributed by atoms with E-state index in [1.165, 1.54) is 11.8 Å². The van der Waals surface area contributed by atoms with Gasteiger partial charge in [0.1, 0.15) is 0 Å². The Balaban J connectivity index is 1.49. The maximum absolute atomic E-state index is 13.5. The molecule has 0 saturated heterocycles. The molecule has 1 atom stereocenters. The fraction of sp³-hybridized carbons (Fsp3) is 0.185. The zero-order chi connectivity index (χ0) is 25.2. The quantitative estimate of drug-likeness (QED) is 0.341. The van der Waals surface area contributed by atoms with E-state index in [9.17, 15) is 9.59 Å². The molecule has 3 aromatic carbocycles. The predicted molar refractivity (Wildman–Crippen MR) is 144 cm³/mol. The lowest BCUT2D eigenvalue weighted by Crippen LogP contribution is -2.40. The number of hydrogen-bond donors (Lipinski definition) is 1. The average Bonchev–Trinajstić information content (AvgIpc) is 3.22. The number of nitrogens with one attached hydrogen (secondary N) is 1. The highest BCUT2D eigenvalue weighted by atomic mass is 35.5. The number of anilines is 2. The van der Waals surface area contributed by atoms with Crippen molar-refractivity contribution in [1.29, 1.82) is 0 Å². The van der Waals surface area contributed by atoms with Crippen LogP contribution in [0.15, 0.2) is 78.0 Å². The summed E-state index contributed by atoms with van der Waals surface area (Å²) >= 11 is 7.80. The molecule has 0 radical (unpaired) electrons. The van der Waals surface area contributed by atoms with Gasteiger partial charge in [0.2, 0.25) is 11.8 Å². The number of aryl methyl sites for hydroxylation is 1. The second kappa shape index (κ2) is 10.2. The van der Waals surface area contributed by atoms with Gasteiger partial charge in [-0.1, -0.05) is 59.8 Å². The molecule has 36 heavy (non-hydrogen) atoms. The highest BCUT2D eigenvalue weighted by Gasteiger charge is 2.30. The molecular formula is C27H24ClN5O2S. The summed E-state index contributed by atoms with van der Waals surface area (Å²) in [5.41, 5.74) is 4.05. The molecule has 0 aliphatic carbocycles. The maximum Gasteiger partial charge on any atom is 0.237 e. The Kier molecular flexibility index (Phi) is 6.80. The smallest absolute Gasteiger partial charge is 0.237 e.